The van der Waals surface area contributed by atoms with Crippen LogP contribution >= 0.6 is 11.3 Å². The normalized spacial score (nSPS) is 11.8. The van der Waals surface area contributed by atoms with Crippen LogP contribution in [0.15, 0.2) is 47.8 Å². The molecule has 5 nitrogen and oxygen atoms in total. The van der Waals surface area contributed by atoms with Crippen LogP contribution in [0.1, 0.15) is 36.5 Å². The summed E-state index contributed by atoms with van der Waals surface area (Å²) in [4.78, 5) is 11.1. The number of benzene rings is 2. The van der Waals surface area contributed by atoms with Crippen molar-refractivity contribution in [1.82, 2.24) is 0 Å². The largest absolute Gasteiger partial charge is 0.481 e. The number of hydrogen-bond donors (Lipinski definition) is 2. The lowest BCUT2D eigenvalue weighted by Crippen LogP contribution is -2.17. The number of carboxylic acids is 1. The highest BCUT2D eigenvalue weighted by Crippen LogP contribution is 2.26. The summed E-state index contributed by atoms with van der Waals surface area (Å²) in [6.07, 6.45) is -0.239. The number of nitrogens with one attached hydrogen (secondary N) is 1. The molecule has 0 aliphatic carbocycles. The molecule has 1 aromatic heterocycles. The number of anilines is 1. The summed E-state index contributed by atoms with van der Waals surface area (Å²) < 4.78 is 29.1. The van der Waals surface area contributed by atoms with E-state index in [-0.39, 0.29) is 18.1 Å². The Hall–Kier alpha value is -2.38. The molecular formula is C20H21NO4S2. The van der Waals surface area contributed by atoms with Gasteiger partial charge in [0.15, 0.2) is 0 Å². The third kappa shape index (κ3) is 4.87. The van der Waals surface area contributed by atoms with Crippen molar-refractivity contribution >= 4 is 43.1 Å². The van der Waals surface area contributed by atoms with Crippen LogP contribution in [0.25, 0.3) is 10.1 Å². The van der Waals surface area contributed by atoms with Gasteiger partial charge in [-0.3, -0.25) is 9.52 Å². The zero-order valence-corrected chi connectivity index (χ0v) is 16.7. The van der Waals surface area contributed by atoms with Gasteiger partial charge in [-0.1, -0.05) is 32.0 Å². The Morgan fingerprint density at radius 3 is 2.63 bits per heavy atom. The van der Waals surface area contributed by atoms with Crippen molar-refractivity contribution in [3.63, 3.8) is 0 Å². The maximum Gasteiger partial charge on any atom is 0.307 e. The summed E-state index contributed by atoms with van der Waals surface area (Å²) >= 11 is 1.61. The van der Waals surface area contributed by atoms with Crippen LogP contribution in [-0.2, 0) is 27.0 Å². The third-order valence-electron chi connectivity index (χ3n) is 4.28. The Balaban J connectivity index is 1.88. The first-order valence-electron chi connectivity index (χ1n) is 8.55. The van der Waals surface area contributed by atoms with E-state index in [1.807, 2.05) is 43.5 Å². The molecule has 3 rings (SSSR count). The van der Waals surface area contributed by atoms with Crippen molar-refractivity contribution in [1.29, 1.82) is 0 Å². The fourth-order valence-corrected chi connectivity index (χ4v) is 4.88. The maximum absolute atomic E-state index is 12.7. The van der Waals surface area contributed by atoms with Crippen molar-refractivity contribution in [2.24, 2.45) is 0 Å². The van der Waals surface area contributed by atoms with E-state index in [9.17, 15) is 13.2 Å². The molecule has 3 aromatic rings. The van der Waals surface area contributed by atoms with Crippen LogP contribution in [0.4, 0.5) is 5.69 Å². The van der Waals surface area contributed by atoms with Crippen molar-refractivity contribution < 1.29 is 18.3 Å². The highest BCUT2D eigenvalue weighted by Gasteiger charge is 2.17. The molecule has 2 aromatic carbocycles. The molecule has 0 unspecified atom stereocenters. The quantitative estimate of drug-likeness (QED) is 0.604. The number of sulfonamides is 1. The smallest absolute Gasteiger partial charge is 0.307 e. The van der Waals surface area contributed by atoms with E-state index in [0.717, 1.165) is 15.6 Å². The summed E-state index contributed by atoms with van der Waals surface area (Å²) in [5.41, 5.74) is 2.42. The molecule has 7 heteroatoms. The number of hydrogen-bond acceptors (Lipinski definition) is 4. The minimum atomic E-state index is -3.68. The van der Waals surface area contributed by atoms with Gasteiger partial charge in [0.2, 0.25) is 10.0 Å². The molecule has 0 radical (unpaired) electrons. The molecule has 1 heterocycles. The fraction of sp³-hybridized carbons (Fsp3) is 0.250. The number of thiophene rings is 1. The molecule has 0 amide bonds. The summed E-state index contributed by atoms with van der Waals surface area (Å²) in [7, 11) is -3.68. The van der Waals surface area contributed by atoms with Gasteiger partial charge in [0.05, 0.1) is 17.9 Å². The second-order valence-corrected chi connectivity index (χ2v) is 9.47. The maximum atomic E-state index is 12.7. The predicted molar refractivity (Wildman–Crippen MR) is 110 cm³/mol. The van der Waals surface area contributed by atoms with E-state index in [4.69, 9.17) is 5.11 Å². The molecule has 0 aliphatic rings. The molecule has 0 atom stereocenters. The van der Waals surface area contributed by atoms with E-state index in [1.54, 1.807) is 29.5 Å². The zero-order valence-electron chi connectivity index (χ0n) is 15.1. The number of rotatable bonds is 7. The minimum Gasteiger partial charge on any atom is -0.481 e. The molecule has 0 fully saturated rings. The monoisotopic (exact) mass is 403 g/mol. The molecule has 2 N–H and O–H groups in total. The average molecular weight is 404 g/mol. The van der Waals surface area contributed by atoms with Crippen LogP contribution in [0, 0.1) is 0 Å². The third-order valence-corrected chi connectivity index (χ3v) is 6.42. The first-order valence-corrected chi connectivity index (χ1v) is 11.1. The number of fused-ring (bicyclic) bond motifs is 1. The number of carbonyl (C=O) groups is 1. The lowest BCUT2D eigenvalue weighted by Gasteiger charge is -2.15. The van der Waals surface area contributed by atoms with Crippen molar-refractivity contribution in [2.45, 2.75) is 31.9 Å². The predicted octanol–water partition coefficient (Wildman–Crippen LogP) is 4.59. The molecule has 0 bridgehead atoms. The highest BCUT2D eigenvalue weighted by atomic mass is 32.2. The van der Waals surface area contributed by atoms with Gasteiger partial charge >= 0.3 is 5.97 Å². The first-order chi connectivity index (χ1) is 12.7. The van der Waals surface area contributed by atoms with Gasteiger partial charge in [-0.15, -0.1) is 11.3 Å². The van der Waals surface area contributed by atoms with Crippen LogP contribution in [0.2, 0.25) is 0 Å². The van der Waals surface area contributed by atoms with Gasteiger partial charge in [0, 0.05) is 4.70 Å². The Labute approximate surface area is 162 Å². The Bertz CT molecular complexity index is 1080. The van der Waals surface area contributed by atoms with E-state index in [2.05, 4.69) is 4.72 Å². The van der Waals surface area contributed by atoms with Crippen molar-refractivity contribution in [3.05, 3.63) is 64.5 Å². The molecule has 0 saturated carbocycles. The second-order valence-electron chi connectivity index (χ2n) is 6.80. The van der Waals surface area contributed by atoms with Crippen LogP contribution in [0.5, 0.6) is 0 Å². The molecule has 0 aliphatic heterocycles. The van der Waals surface area contributed by atoms with Gasteiger partial charge in [-0.2, -0.15) is 0 Å². The minimum absolute atomic E-state index is 0.169. The van der Waals surface area contributed by atoms with Crippen LogP contribution in [-0.4, -0.2) is 19.5 Å². The second kappa shape index (κ2) is 7.70. The van der Waals surface area contributed by atoms with Crippen molar-refractivity contribution in [3.8, 4) is 0 Å². The summed E-state index contributed by atoms with van der Waals surface area (Å²) in [6.45, 7) is 4.00. The van der Waals surface area contributed by atoms with E-state index >= 15 is 0 Å². The summed E-state index contributed by atoms with van der Waals surface area (Å²) in [6, 6.07) is 12.8. The Morgan fingerprint density at radius 2 is 1.93 bits per heavy atom. The zero-order chi connectivity index (χ0) is 19.6. The van der Waals surface area contributed by atoms with E-state index in [1.165, 1.54) is 0 Å². The van der Waals surface area contributed by atoms with Gasteiger partial charge in [-0.05, 0) is 57.6 Å². The van der Waals surface area contributed by atoms with Gasteiger partial charge in [0.25, 0.3) is 0 Å². The topological polar surface area (TPSA) is 83.5 Å². The SMILES string of the molecule is CC(C)c1ccc(CC(=O)O)c(NS(=O)(=O)Cc2ccc3sccc3c2)c1. The Kier molecular flexibility index (Phi) is 5.53. The first kappa shape index (κ1) is 19.4. The fourth-order valence-electron chi connectivity index (χ4n) is 2.89. The van der Waals surface area contributed by atoms with Crippen molar-refractivity contribution in [2.75, 3.05) is 4.72 Å². The molecule has 0 spiro atoms. The van der Waals surface area contributed by atoms with E-state index < -0.39 is 16.0 Å². The van der Waals surface area contributed by atoms with Gasteiger partial charge in [-0.25, -0.2) is 8.42 Å². The molecular weight excluding hydrogens is 382 g/mol. The molecule has 0 saturated heterocycles. The molecule has 27 heavy (non-hydrogen) atoms. The highest BCUT2D eigenvalue weighted by molar-refractivity contribution is 7.91. The number of carboxylic acid groups (broad SMARTS) is 1. The van der Waals surface area contributed by atoms with Gasteiger partial charge in [0.1, 0.15) is 0 Å². The Morgan fingerprint density at radius 1 is 1.15 bits per heavy atom. The van der Waals surface area contributed by atoms with Crippen LogP contribution in [0.3, 0.4) is 0 Å². The summed E-state index contributed by atoms with van der Waals surface area (Å²) in [5.74, 6) is -0.971. The lowest BCUT2D eigenvalue weighted by molar-refractivity contribution is -0.136. The van der Waals surface area contributed by atoms with Gasteiger partial charge < -0.3 is 5.11 Å². The van der Waals surface area contributed by atoms with E-state index in [0.29, 0.717) is 16.8 Å². The molecule has 142 valence electrons. The summed E-state index contributed by atoms with van der Waals surface area (Å²) in [5, 5.41) is 12.1. The van der Waals surface area contributed by atoms with Crippen LogP contribution < -0.4 is 4.72 Å². The average Bonchev–Trinajstić information content (AvgIpc) is 3.02. The standard InChI is InChI=1S/C20H21NO4S2/c1-13(2)15-4-5-16(11-20(22)23)18(10-15)21-27(24,25)12-14-3-6-19-17(9-14)7-8-26-19/h3-10,13,21H,11-12H2,1-2H3,(H,22,23). The number of aliphatic carboxylic acids is 1. The lowest BCUT2D eigenvalue weighted by atomic mass is 9.99.